The van der Waals surface area contributed by atoms with Crippen LogP contribution in [0.2, 0.25) is 0 Å². The van der Waals surface area contributed by atoms with Gasteiger partial charge in [-0.3, -0.25) is 0 Å². The third kappa shape index (κ3) is 1.99. The van der Waals surface area contributed by atoms with Crippen LogP contribution >= 0.6 is 0 Å². The van der Waals surface area contributed by atoms with Crippen molar-refractivity contribution < 1.29 is 9.53 Å². The van der Waals surface area contributed by atoms with E-state index in [1.807, 2.05) is 49.9 Å². The van der Waals surface area contributed by atoms with Crippen molar-refractivity contribution in [3.05, 3.63) is 35.5 Å². The number of esters is 1. The van der Waals surface area contributed by atoms with Gasteiger partial charge in [0.25, 0.3) is 0 Å². The fraction of sp³-hybridized carbons (Fsp3) is 0.357. The van der Waals surface area contributed by atoms with Crippen molar-refractivity contribution in [1.82, 2.24) is 9.88 Å². The van der Waals surface area contributed by atoms with Crippen molar-refractivity contribution in [3.63, 3.8) is 0 Å². The highest BCUT2D eigenvalue weighted by atomic mass is 16.5. The molecule has 4 nitrogen and oxygen atoms in total. The Morgan fingerprint density at radius 1 is 1.39 bits per heavy atom. The minimum Gasteiger partial charge on any atom is -0.462 e. The van der Waals surface area contributed by atoms with Gasteiger partial charge in [0.1, 0.15) is 0 Å². The van der Waals surface area contributed by atoms with Gasteiger partial charge in [0.2, 0.25) is 0 Å². The second-order valence-corrected chi connectivity index (χ2v) is 4.15. The summed E-state index contributed by atoms with van der Waals surface area (Å²) in [6.07, 6.45) is 0. The summed E-state index contributed by atoms with van der Waals surface area (Å²) in [5, 5.41) is 4.04. The molecular weight excluding hydrogens is 228 g/mol. The molecule has 4 heteroatoms. The van der Waals surface area contributed by atoms with Gasteiger partial charge in [-0.15, -0.1) is 0 Å². The molecule has 1 N–H and O–H groups in total. The van der Waals surface area contributed by atoms with Crippen LogP contribution in [0.4, 0.5) is 0 Å². The molecule has 96 valence electrons. The van der Waals surface area contributed by atoms with E-state index in [4.69, 9.17) is 4.74 Å². The SMILES string of the molecule is CCOC(=O)c1c(CNC)n(C)c2ccccc12. The number of hydrogen-bond acceptors (Lipinski definition) is 3. The molecule has 0 saturated heterocycles. The number of para-hydroxylation sites is 1. The van der Waals surface area contributed by atoms with Gasteiger partial charge in [0.15, 0.2) is 0 Å². The minimum atomic E-state index is -0.250. The Labute approximate surface area is 107 Å². The second-order valence-electron chi connectivity index (χ2n) is 4.15. The molecule has 0 radical (unpaired) electrons. The summed E-state index contributed by atoms with van der Waals surface area (Å²) in [5.41, 5.74) is 2.67. The van der Waals surface area contributed by atoms with Gasteiger partial charge in [0.05, 0.1) is 12.2 Å². The number of hydrogen-bond donors (Lipinski definition) is 1. The predicted molar refractivity (Wildman–Crippen MR) is 71.6 cm³/mol. The summed E-state index contributed by atoms with van der Waals surface area (Å²) < 4.78 is 7.20. The first kappa shape index (κ1) is 12.6. The van der Waals surface area contributed by atoms with E-state index in [0.29, 0.717) is 18.7 Å². The predicted octanol–water partition coefficient (Wildman–Crippen LogP) is 2.07. The fourth-order valence-corrected chi connectivity index (χ4v) is 2.25. The largest absolute Gasteiger partial charge is 0.462 e. The molecule has 18 heavy (non-hydrogen) atoms. The topological polar surface area (TPSA) is 43.3 Å². The van der Waals surface area contributed by atoms with Crippen molar-refractivity contribution in [2.45, 2.75) is 13.5 Å². The third-order valence-electron chi connectivity index (χ3n) is 3.05. The van der Waals surface area contributed by atoms with Crippen molar-refractivity contribution in [1.29, 1.82) is 0 Å². The van der Waals surface area contributed by atoms with Gasteiger partial charge in [0, 0.05) is 30.2 Å². The number of aryl methyl sites for hydroxylation is 1. The number of benzene rings is 1. The maximum absolute atomic E-state index is 12.1. The van der Waals surface area contributed by atoms with Crippen LogP contribution in [0.5, 0.6) is 0 Å². The van der Waals surface area contributed by atoms with Gasteiger partial charge < -0.3 is 14.6 Å². The normalized spacial score (nSPS) is 10.8. The van der Waals surface area contributed by atoms with E-state index in [2.05, 4.69) is 5.32 Å². The molecule has 1 heterocycles. The first-order valence-corrected chi connectivity index (χ1v) is 6.08. The van der Waals surface area contributed by atoms with Crippen LogP contribution in [-0.2, 0) is 18.3 Å². The van der Waals surface area contributed by atoms with Crippen molar-refractivity contribution in [2.24, 2.45) is 7.05 Å². The molecular formula is C14H18N2O2. The average Bonchev–Trinajstić information content (AvgIpc) is 2.65. The van der Waals surface area contributed by atoms with Crippen LogP contribution in [-0.4, -0.2) is 24.2 Å². The number of carbonyl (C=O) groups is 1. The zero-order valence-electron chi connectivity index (χ0n) is 11.0. The maximum Gasteiger partial charge on any atom is 0.340 e. The molecule has 0 unspecified atom stereocenters. The highest BCUT2D eigenvalue weighted by Gasteiger charge is 2.21. The van der Waals surface area contributed by atoms with Crippen molar-refractivity contribution in [2.75, 3.05) is 13.7 Å². The monoisotopic (exact) mass is 246 g/mol. The highest BCUT2D eigenvalue weighted by Crippen LogP contribution is 2.26. The van der Waals surface area contributed by atoms with Gasteiger partial charge in [-0.25, -0.2) is 4.79 Å². The van der Waals surface area contributed by atoms with E-state index >= 15 is 0 Å². The molecule has 0 saturated carbocycles. The Bertz CT molecular complexity index is 572. The van der Waals surface area contributed by atoms with Crippen LogP contribution < -0.4 is 5.32 Å². The Morgan fingerprint density at radius 3 is 2.78 bits per heavy atom. The number of fused-ring (bicyclic) bond motifs is 1. The van der Waals surface area contributed by atoms with E-state index < -0.39 is 0 Å². The summed E-state index contributed by atoms with van der Waals surface area (Å²) >= 11 is 0. The average molecular weight is 246 g/mol. The Kier molecular flexibility index (Phi) is 3.67. The van der Waals surface area contributed by atoms with Crippen molar-refractivity contribution >= 4 is 16.9 Å². The molecule has 2 rings (SSSR count). The molecule has 0 spiro atoms. The van der Waals surface area contributed by atoms with E-state index in [1.54, 1.807) is 0 Å². The number of nitrogens with one attached hydrogen (secondary N) is 1. The maximum atomic E-state index is 12.1. The number of ether oxygens (including phenoxy) is 1. The van der Waals surface area contributed by atoms with Crippen LogP contribution in [0.25, 0.3) is 10.9 Å². The summed E-state index contributed by atoms with van der Waals surface area (Å²) in [6, 6.07) is 7.88. The number of nitrogens with zero attached hydrogens (tertiary/aromatic N) is 1. The minimum absolute atomic E-state index is 0.250. The van der Waals surface area contributed by atoms with E-state index in [0.717, 1.165) is 16.6 Å². The Hall–Kier alpha value is -1.81. The first-order chi connectivity index (χ1) is 8.70. The van der Waals surface area contributed by atoms with Gasteiger partial charge in [-0.05, 0) is 20.0 Å². The molecule has 0 aliphatic heterocycles. The molecule has 1 aromatic carbocycles. The van der Waals surface area contributed by atoms with E-state index in [1.165, 1.54) is 0 Å². The fourth-order valence-electron chi connectivity index (χ4n) is 2.25. The van der Waals surface area contributed by atoms with Gasteiger partial charge in [-0.2, -0.15) is 0 Å². The smallest absolute Gasteiger partial charge is 0.340 e. The molecule has 2 aromatic rings. The lowest BCUT2D eigenvalue weighted by Crippen LogP contribution is -2.14. The van der Waals surface area contributed by atoms with Crippen LogP contribution in [0.3, 0.4) is 0 Å². The van der Waals surface area contributed by atoms with Crippen LogP contribution in [0.15, 0.2) is 24.3 Å². The standard InChI is InChI=1S/C14H18N2O2/c1-4-18-14(17)13-10-7-5-6-8-11(10)16(3)12(13)9-15-2/h5-8,15H,4,9H2,1-3H3. The molecule has 0 atom stereocenters. The molecule has 1 aromatic heterocycles. The summed E-state index contributed by atoms with van der Waals surface area (Å²) in [5.74, 6) is -0.250. The van der Waals surface area contributed by atoms with Gasteiger partial charge in [-0.1, -0.05) is 18.2 Å². The lowest BCUT2D eigenvalue weighted by atomic mass is 10.1. The number of aromatic nitrogens is 1. The lowest BCUT2D eigenvalue weighted by molar-refractivity contribution is 0.0527. The van der Waals surface area contributed by atoms with Crippen LogP contribution in [0, 0.1) is 0 Å². The summed E-state index contributed by atoms with van der Waals surface area (Å²) in [4.78, 5) is 12.1. The lowest BCUT2D eigenvalue weighted by Gasteiger charge is -2.06. The van der Waals surface area contributed by atoms with Crippen LogP contribution in [0.1, 0.15) is 23.0 Å². The first-order valence-electron chi connectivity index (χ1n) is 6.08. The zero-order valence-corrected chi connectivity index (χ0v) is 11.0. The number of rotatable bonds is 4. The summed E-state index contributed by atoms with van der Waals surface area (Å²) in [6.45, 7) is 2.85. The molecule has 0 bridgehead atoms. The Balaban J connectivity index is 2.66. The Morgan fingerprint density at radius 2 is 2.11 bits per heavy atom. The second kappa shape index (κ2) is 5.23. The quantitative estimate of drug-likeness (QED) is 0.840. The van der Waals surface area contributed by atoms with E-state index in [-0.39, 0.29) is 5.97 Å². The zero-order chi connectivity index (χ0) is 13.1. The van der Waals surface area contributed by atoms with Gasteiger partial charge >= 0.3 is 5.97 Å². The third-order valence-corrected chi connectivity index (χ3v) is 3.05. The molecule has 0 aliphatic rings. The highest BCUT2D eigenvalue weighted by molar-refractivity contribution is 6.06. The molecule has 0 amide bonds. The molecule has 0 aliphatic carbocycles. The molecule has 0 fully saturated rings. The summed E-state index contributed by atoms with van der Waals surface area (Å²) in [7, 11) is 3.84. The number of carbonyl (C=O) groups excluding carboxylic acids is 1. The van der Waals surface area contributed by atoms with E-state index in [9.17, 15) is 4.79 Å². The van der Waals surface area contributed by atoms with Crippen molar-refractivity contribution in [3.8, 4) is 0 Å².